The molecular formula is C20H21N7O2. The van der Waals surface area contributed by atoms with E-state index in [0.717, 1.165) is 53.7 Å². The van der Waals surface area contributed by atoms with E-state index in [4.69, 9.17) is 19.1 Å². The minimum absolute atomic E-state index is 0.507. The topological polar surface area (TPSA) is 105 Å². The predicted octanol–water partition coefficient (Wildman–Crippen LogP) is 3.03. The average Bonchev–Trinajstić information content (AvgIpc) is 3.34. The maximum Gasteiger partial charge on any atom is 0.231 e. The van der Waals surface area contributed by atoms with Crippen molar-refractivity contribution in [1.82, 2.24) is 25.1 Å². The second-order valence-electron chi connectivity index (χ2n) is 7.65. The van der Waals surface area contributed by atoms with E-state index < -0.39 is 0 Å². The van der Waals surface area contributed by atoms with E-state index in [1.807, 2.05) is 18.2 Å². The summed E-state index contributed by atoms with van der Waals surface area (Å²) in [5.74, 6) is 2.85. The molecule has 0 spiro atoms. The number of aromatic amines is 1. The first-order valence-electron chi connectivity index (χ1n) is 10.0. The lowest BCUT2D eigenvalue weighted by Crippen LogP contribution is -2.37. The first kappa shape index (κ1) is 16.7. The van der Waals surface area contributed by atoms with Crippen molar-refractivity contribution < 1.29 is 9.15 Å². The predicted molar refractivity (Wildman–Crippen MR) is 108 cm³/mol. The molecule has 0 radical (unpaired) electrons. The third-order valence-electron chi connectivity index (χ3n) is 5.46. The smallest absolute Gasteiger partial charge is 0.231 e. The number of pyridine rings is 1. The molecule has 1 saturated carbocycles. The third kappa shape index (κ3) is 3.17. The lowest BCUT2D eigenvalue weighted by atomic mass is 10.2. The van der Waals surface area contributed by atoms with Gasteiger partial charge in [-0.2, -0.15) is 10.1 Å². The van der Waals surface area contributed by atoms with Crippen LogP contribution in [0.4, 0.5) is 17.6 Å². The van der Waals surface area contributed by atoms with Crippen molar-refractivity contribution in [3.05, 3.63) is 30.1 Å². The number of nitrogens with zero attached hydrogens (tertiary/aromatic N) is 5. The number of hydrogen-bond donors (Lipinski definition) is 2. The molecule has 4 aromatic heterocycles. The van der Waals surface area contributed by atoms with Gasteiger partial charge in [0.1, 0.15) is 11.3 Å². The van der Waals surface area contributed by atoms with Crippen LogP contribution in [0, 0.1) is 5.92 Å². The Morgan fingerprint density at radius 1 is 1.21 bits per heavy atom. The van der Waals surface area contributed by atoms with Gasteiger partial charge in [0.15, 0.2) is 11.4 Å². The number of hydrogen-bond acceptors (Lipinski definition) is 8. The summed E-state index contributed by atoms with van der Waals surface area (Å²) in [5, 5.41) is 11.6. The van der Waals surface area contributed by atoms with Crippen LogP contribution in [0.3, 0.4) is 0 Å². The Bertz CT molecular complexity index is 1170. The standard InChI is InChI=1S/C20H21N7O2/c1-2-14-16-17(29-19(14)21-5-1)18(27-6-8-28-9-7-27)24-20(23-16)22-15-11-13(25-26-15)10-12-3-4-12/h1-2,5,11-12H,3-4,6-10H2,(H2,22,23,24,25,26). The van der Waals surface area contributed by atoms with Crippen molar-refractivity contribution in [3.8, 4) is 0 Å². The number of morpholine rings is 1. The van der Waals surface area contributed by atoms with Gasteiger partial charge in [0.05, 0.1) is 24.3 Å². The van der Waals surface area contributed by atoms with E-state index in [9.17, 15) is 0 Å². The van der Waals surface area contributed by atoms with Crippen molar-refractivity contribution >= 4 is 39.8 Å². The molecule has 2 aliphatic rings. The SMILES string of the molecule is c1cnc2oc3c(N4CCOCC4)nc(Nc4cc(CC5CC5)n[nH]4)nc3c2c1. The highest BCUT2D eigenvalue weighted by Gasteiger charge is 2.24. The molecule has 5 heterocycles. The Morgan fingerprint density at radius 2 is 2.10 bits per heavy atom. The highest BCUT2D eigenvalue weighted by molar-refractivity contribution is 6.05. The van der Waals surface area contributed by atoms with Crippen molar-refractivity contribution in [2.45, 2.75) is 19.3 Å². The quantitative estimate of drug-likeness (QED) is 0.535. The minimum atomic E-state index is 0.507. The molecule has 6 rings (SSSR count). The van der Waals surface area contributed by atoms with Crippen LogP contribution in [-0.4, -0.2) is 51.5 Å². The molecule has 1 aliphatic heterocycles. The zero-order valence-corrected chi connectivity index (χ0v) is 15.9. The van der Waals surface area contributed by atoms with Gasteiger partial charge in [0.25, 0.3) is 0 Å². The molecule has 29 heavy (non-hydrogen) atoms. The number of ether oxygens (including phenoxy) is 1. The fraction of sp³-hybridized carbons (Fsp3) is 0.400. The molecular weight excluding hydrogens is 370 g/mol. The highest BCUT2D eigenvalue weighted by atomic mass is 16.5. The first-order chi connectivity index (χ1) is 14.3. The van der Waals surface area contributed by atoms with Gasteiger partial charge < -0.3 is 19.4 Å². The summed E-state index contributed by atoms with van der Waals surface area (Å²) in [7, 11) is 0. The molecule has 1 saturated heterocycles. The Kier molecular flexibility index (Phi) is 3.86. The lowest BCUT2D eigenvalue weighted by Gasteiger charge is -2.27. The third-order valence-corrected chi connectivity index (χ3v) is 5.46. The number of anilines is 3. The van der Waals surface area contributed by atoms with Gasteiger partial charge in [-0.15, -0.1) is 0 Å². The molecule has 0 aromatic carbocycles. The van der Waals surface area contributed by atoms with Crippen LogP contribution in [0.1, 0.15) is 18.5 Å². The number of H-pyrrole nitrogens is 1. The number of furan rings is 1. The zero-order valence-electron chi connectivity index (χ0n) is 15.9. The van der Waals surface area contributed by atoms with Crippen molar-refractivity contribution in [1.29, 1.82) is 0 Å². The lowest BCUT2D eigenvalue weighted by molar-refractivity contribution is 0.122. The van der Waals surface area contributed by atoms with Gasteiger partial charge in [0, 0.05) is 25.4 Å². The first-order valence-corrected chi connectivity index (χ1v) is 10.0. The Labute approximate surface area is 166 Å². The van der Waals surface area contributed by atoms with Crippen LogP contribution < -0.4 is 10.2 Å². The second kappa shape index (κ2) is 6.70. The zero-order chi connectivity index (χ0) is 19.2. The van der Waals surface area contributed by atoms with E-state index in [2.05, 4.69) is 25.4 Å². The fourth-order valence-corrected chi connectivity index (χ4v) is 3.78. The summed E-state index contributed by atoms with van der Waals surface area (Å²) in [4.78, 5) is 16.0. The Hall–Kier alpha value is -3.20. The Balaban J connectivity index is 1.41. The fourth-order valence-electron chi connectivity index (χ4n) is 3.78. The number of rotatable bonds is 5. The number of aromatic nitrogens is 5. The van der Waals surface area contributed by atoms with Crippen LogP contribution in [0.15, 0.2) is 28.8 Å². The molecule has 0 bridgehead atoms. The van der Waals surface area contributed by atoms with Gasteiger partial charge in [-0.25, -0.2) is 9.97 Å². The normalized spacial score (nSPS) is 17.3. The van der Waals surface area contributed by atoms with Crippen LogP contribution in [0.25, 0.3) is 22.2 Å². The summed E-state index contributed by atoms with van der Waals surface area (Å²) in [6.45, 7) is 2.84. The molecule has 148 valence electrons. The molecule has 2 fully saturated rings. The van der Waals surface area contributed by atoms with Crippen molar-refractivity contribution in [3.63, 3.8) is 0 Å². The Morgan fingerprint density at radius 3 is 2.97 bits per heavy atom. The van der Waals surface area contributed by atoms with E-state index in [-0.39, 0.29) is 0 Å². The van der Waals surface area contributed by atoms with E-state index in [1.54, 1.807) is 6.20 Å². The van der Waals surface area contributed by atoms with Gasteiger partial charge in [-0.1, -0.05) is 0 Å². The molecule has 0 atom stereocenters. The van der Waals surface area contributed by atoms with Gasteiger partial charge >= 0.3 is 0 Å². The molecule has 0 amide bonds. The largest absolute Gasteiger partial charge is 0.432 e. The van der Waals surface area contributed by atoms with Crippen LogP contribution >= 0.6 is 0 Å². The van der Waals surface area contributed by atoms with E-state index in [0.29, 0.717) is 30.5 Å². The van der Waals surface area contributed by atoms with Crippen molar-refractivity contribution in [2.24, 2.45) is 5.92 Å². The number of fused-ring (bicyclic) bond motifs is 3. The minimum Gasteiger partial charge on any atom is -0.432 e. The maximum absolute atomic E-state index is 6.03. The van der Waals surface area contributed by atoms with Gasteiger partial charge in [-0.3, -0.25) is 5.10 Å². The van der Waals surface area contributed by atoms with Crippen LogP contribution in [0.5, 0.6) is 0 Å². The maximum atomic E-state index is 6.03. The van der Waals surface area contributed by atoms with Crippen LogP contribution in [-0.2, 0) is 11.2 Å². The molecule has 9 heteroatoms. The summed E-state index contributed by atoms with van der Waals surface area (Å²) in [6, 6.07) is 5.90. The highest BCUT2D eigenvalue weighted by Crippen LogP contribution is 2.34. The summed E-state index contributed by atoms with van der Waals surface area (Å²) in [5.41, 5.74) is 3.05. The molecule has 0 unspecified atom stereocenters. The molecule has 1 aliphatic carbocycles. The van der Waals surface area contributed by atoms with Gasteiger partial charge in [-0.05, 0) is 37.3 Å². The summed E-state index contributed by atoms with van der Waals surface area (Å²) < 4.78 is 11.5. The molecule has 2 N–H and O–H groups in total. The van der Waals surface area contributed by atoms with E-state index >= 15 is 0 Å². The van der Waals surface area contributed by atoms with Crippen LogP contribution in [0.2, 0.25) is 0 Å². The molecule has 4 aromatic rings. The van der Waals surface area contributed by atoms with Crippen molar-refractivity contribution in [2.75, 3.05) is 36.5 Å². The van der Waals surface area contributed by atoms with Gasteiger partial charge in [0.2, 0.25) is 11.7 Å². The van der Waals surface area contributed by atoms with E-state index in [1.165, 1.54) is 12.8 Å². The molecule has 9 nitrogen and oxygen atoms in total. The number of nitrogens with one attached hydrogen (secondary N) is 2. The second-order valence-corrected chi connectivity index (χ2v) is 7.65. The summed E-state index contributed by atoms with van der Waals surface area (Å²) in [6.07, 6.45) is 5.35. The average molecular weight is 391 g/mol. The monoisotopic (exact) mass is 391 g/mol. The summed E-state index contributed by atoms with van der Waals surface area (Å²) >= 11 is 0.